The maximum absolute atomic E-state index is 10.6. The number of hydrogen-bond acceptors (Lipinski definition) is 3. The average Bonchev–Trinajstić information content (AvgIpc) is 2.30. The molecule has 0 amide bonds. The summed E-state index contributed by atoms with van der Waals surface area (Å²) < 4.78 is 22.2. The smallest absolute Gasteiger partial charge is 0.214 e. The van der Waals surface area contributed by atoms with Crippen molar-refractivity contribution in [1.29, 1.82) is 0 Å². The summed E-state index contributed by atoms with van der Waals surface area (Å²) in [6.45, 7) is 0. The Morgan fingerprint density at radius 2 is 2.17 bits per heavy atom. The van der Waals surface area contributed by atoms with Gasteiger partial charge in [0.2, 0.25) is 9.84 Å². The summed E-state index contributed by atoms with van der Waals surface area (Å²) in [6.07, 6.45) is 1.09. The molecule has 0 aromatic carbocycles. The lowest BCUT2D eigenvalue weighted by Gasteiger charge is -1.77. The lowest BCUT2D eigenvalue weighted by atomic mass is 10.5. The second-order valence-electron chi connectivity index (χ2n) is 2.10. The fraction of sp³-hybridized carbons (Fsp3) is 0.143. The van der Waals surface area contributed by atoms with Crippen molar-refractivity contribution in [3.05, 3.63) is 20.8 Å². The van der Waals surface area contributed by atoms with Crippen LogP contribution in [0, 0.1) is 11.2 Å². The van der Waals surface area contributed by atoms with E-state index in [1.54, 1.807) is 6.07 Å². The summed E-state index contributed by atoms with van der Waals surface area (Å²) in [6, 6.07) is 3.60. The molecule has 0 aliphatic rings. The van der Waals surface area contributed by atoms with Crippen LogP contribution in [-0.2, 0) is 9.84 Å². The number of halogens is 1. The Kier molecular flexibility index (Phi) is 2.94. The van der Waals surface area contributed by atoms with Gasteiger partial charge < -0.3 is 0 Å². The maximum atomic E-state index is 10.6. The Bertz CT molecular complexity index is 433. The van der Waals surface area contributed by atoms with Gasteiger partial charge in [0.1, 0.15) is 0 Å². The Morgan fingerprint density at radius 1 is 1.50 bits per heavy atom. The van der Waals surface area contributed by atoms with Crippen LogP contribution in [-0.4, -0.2) is 14.7 Å². The van der Waals surface area contributed by atoms with Crippen molar-refractivity contribution in [2.75, 3.05) is 6.26 Å². The first-order valence-electron chi connectivity index (χ1n) is 2.95. The first-order chi connectivity index (χ1) is 5.47. The molecule has 0 saturated carbocycles. The van der Waals surface area contributed by atoms with Crippen LogP contribution >= 0.6 is 27.3 Å². The zero-order chi connectivity index (χ0) is 9.19. The van der Waals surface area contributed by atoms with Gasteiger partial charge in [-0.05, 0) is 34.0 Å². The fourth-order valence-corrected chi connectivity index (χ4v) is 2.12. The molecule has 2 nitrogen and oxygen atoms in total. The highest BCUT2D eigenvalue weighted by Gasteiger charge is 1.95. The van der Waals surface area contributed by atoms with Gasteiger partial charge in [0.05, 0.1) is 14.9 Å². The van der Waals surface area contributed by atoms with E-state index >= 15 is 0 Å². The molecule has 12 heavy (non-hydrogen) atoms. The van der Waals surface area contributed by atoms with Gasteiger partial charge in [-0.1, -0.05) is 0 Å². The minimum Gasteiger partial charge on any atom is -0.216 e. The SMILES string of the molecule is CS(=O)(=O)C#Cc1ccc(Br)s1. The van der Waals surface area contributed by atoms with Crippen LogP contribution in [0.2, 0.25) is 0 Å². The minimum absolute atomic E-state index is 0.743. The minimum atomic E-state index is -3.18. The normalized spacial score (nSPS) is 10.5. The Morgan fingerprint density at radius 3 is 2.58 bits per heavy atom. The molecule has 0 unspecified atom stereocenters. The summed E-state index contributed by atoms with van der Waals surface area (Å²) in [5.41, 5.74) is 0. The molecule has 1 aromatic heterocycles. The van der Waals surface area contributed by atoms with E-state index in [4.69, 9.17) is 0 Å². The summed E-state index contributed by atoms with van der Waals surface area (Å²) in [4.78, 5) is 0.743. The molecule has 1 heterocycles. The standard InChI is InChI=1S/C7H5BrO2S2/c1-12(9,10)5-4-6-2-3-7(8)11-6/h2-3H,1H3. The molecular weight excluding hydrogens is 260 g/mol. The predicted octanol–water partition coefficient (Wildman–Crippen LogP) is 1.86. The zero-order valence-electron chi connectivity index (χ0n) is 6.17. The molecule has 0 radical (unpaired) electrons. The number of thiophene rings is 1. The molecule has 0 fully saturated rings. The van der Waals surface area contributed by atoms with Crippen molar-refractivity contribution in [2.24, 2.45) is 0 Å². The molecule has 0 spiro atoms. The zero-order valence-corrected chi connectivity index (χ0v) is 9.38. The van der Waals surface area contributed by atoms with Crippen molar-refractivity contribution in [1.82, 2.24) is 0 Å². The van der Waals surface area contributed by atoms with Crippen molar-refractivity contribution < 1.29 is 8.42 Å². The van der Waals surface area contributed by atoms with Gasteiger partial charge in [-0.2, -0.15) is 0 Å². The topological polar surface area (TPSA) is 34.1 Å². The molecule has 5 heteroatoms. The highest BCUT2D eigenvalue weighted by Crippen LogP contribution is 2.20. The Hall–Kier alpha value is -0.310. The van der Waals surface area contributed by atoms with E-state index in [-0.39, 0.29) is 0 Å². The van der Waals surface area contributed by atoms with Crippen molar-refractivity contribution in [3.63, 3.8) is 0 Å². The van der Waals surface area contributed by atoms with E-state index < -0.39 is 9.84 Å². The predicted molar refractivity (Wildman–Crippen MR) is 53.7 cm³/mol. The van der Waals surface area contributed by atoms with E-state index in [2.05, 4.69) is 27.1 Å². The molecule has 1 rings (SSSR count). The number of sulfone groups is 1. The number of rotatable bonds is 0. The van der Waals surface area contributed by atoms with Gasteiger partial charge in [-0.3, -0.25) is 0 Å². The average molecular weight is 265 g/mol. The fourth-order valence-electron chi connectivity index (χ4n) is 0.524. The monoisotopic (exact) mass is 264 g/mol. The number of hydrogen-bond donors (Lipinski definition) is 0. The van der Waals surface area contributed by atoms with E-state index in [0.717, 1.165) is 14.9 Å². The van der Waals surface area contributed by atoms with Crippen LogP contribution in [0.15, 0.2) is 15.9 Å². The molecule has 0 bridgehead atoms. The summed E-state index contributed by atoms with van der Waals surface area (Å²) in [7, 11) is -3.18. The molecule has 64 valence electrons. The van der Waals surface area contributed by atoms with Gasteiger partial charge in [-0.25, -0.2) is 8.42 Å². The van der Waals surface area contributed by atoms with E-state index in [1.807, 2.05) is 6.07 Å². The van der Waals surface area contributed by atoms with Crippen LogP contribution in [0.3, 0.4) is 0 Å². The van der Waals surface area contributed by atoms with Crippen LogP contribution < -0.4 is 0 Å². The second kappa shape index (κ2) is 3.60. The highest BCUT2D eigenvalue weighted by molar-refractivity contribution is 9.11. The molecule has 0 aliphatic heterocycles. The largest absolute Gasteiger partial charge is 0.216 e. The summed E-state index contributed by atoms with van der Waals surface area (Å²) in [5.74, 6) is 2.56. The highest BCUT2D eigenvalue weighted by atomic mass is 79.9. The molecular formula is C7H5BrO2S2. The maximum Gasteiger partial charge on any atom is 0.214 e. The van der Waals surface area contributed by atoms with E-state index in [1.165, 1.54) is 11.3 Å². The third-order valence-corrected chi connectivity index (χ3v) is 2.94. The Balaban J connectivity index is 2.95. The third-order valence-electron chi connectivity index (χ3n) is 0.933. The lowest BCUT2D eigenvalue weighted by Crippen LogP contribution is -1.88. The van der Waals surface area contributed by atoms with Crippen molar-refractivity contribution in [2.45, 2.75) is 0 Å². The van der Waals surface area contributed by atoms with Crippen molar-refractivity contribution in [3.8, 4) is 11.2 Å². The molecule has 0 saturated heterocycles. The van der Waals surface area contributed by atoms with E-state index in [0.29, 0.717) is 0 Å². The quantitative estimate of drug-likeness (QED) is 0.671. The molecule has 1 aromatic rings. The Labute approximate surface area is 83.7 Å². The summed E-state index contributed by atoms with van der Waals surface area (Å²) >= 11 is 4.66. The molecule has 0 N–H and O–H groups in total. The first kappa shape index (κ1) is 9.78. The lowest BCUT2D eigenvalue weighted by molar-refractivity contribution is 0.611. The van der Waals surface area contributed by atoms with Crippen LogP contribution in [0.1, 0.15) is 4.88 Å². The van der Waals surface area contributed by atoms with Crippen LogP contribution in [0.4, 0.5) is 0 Å². The van der Waals surface area contributed by atoms with Crippen LogP contribution in [0.25, 0.3) is 0 Å². The van der Waals surface area contributed by atoms with E-state index in [9.17, 15) is 8.42 Å². The first-order valence-corrected chi connectivity index (χ1v) is 6.45. The van der Waals surface area contributed by atoms with Gasteiger partial charge >= 0.3 is 0 Å². The molecule has 0 atom stereocenters. The van der Waals surface area contributed by atoms with Gasteiger partial charge in [0.25, 0.3) is 0 Å². The van der Waals surface area contributed by atoms with Gasteiger partial charge in [0.15, 0.2) is 0 Å². The van der Waals surface area contributed by atoms with Crippen LogP contribution in [0.5, 0.6) is 0 Å². The summed E-state index contributed by atoms with van der Waals surface area (Å²) in [5, 5.41) is 2.16. The second-order valence-corrected chi connectivity index (χ2v) is 6.31. The molecule has 0 aliphatic carbocycles. The third kappa shape index (κ3) is 3.39. The van der Waals surface area contributed by atoms with Crippen molar-refractivity contribution >= 4 is 37.1 Å². The van der Waals surface area contributed by atoms with Gasteiger partial charge in [0, 0.05) is 5.25 Å². The van der Waals surface area contributed by atoms with Gasteiger partial charge in [-0.15, -0.1) is 11.3 Å².